The Bertz CT molecular complexity index is 590. The number of hydrogen-bond donors (Lipinski definition) is 1. The van der Waals surface area contributed by atoms with Crippen molar-refractivity contribution < 1.29 is 14.7 Å². The van der Waals surface area contributed by atoms with Crippen LogP contribution in [0.25, 0.3) is 0 Å². The van der Waals surface area contributed by atoms with Gasteiger partial charge in [0.25, 0.3) is 0 Å². The van der Waals surface area contributed by atoms with Gasteiger partial charge in [-0.25, -0.2) is 0 Å². The first kappa shape index (κ1) is 15.5. The lowest BCUT2D eigenvalue weighted by atomic mass is 9.74. The number of halogens is 1. The summed E-state index contributed by atoms with van der Waals surface area (Å²) >= 11 is 3.42. The largest absolute Gasteiger partial charge is 0.394 e. The Hall–Kier alpha value is -1.40. The molecule has 2 heterocycles. The van der Waals surface area contributed by atoms with E-state index in [1.54, 1.807) is 9.80 Å². The molecule has 0 radical (unpaired) electrons. The molecule has 0 saturated carbocycles. The van der Waals surface area contributed by atoms with Crippen LogP contribution in [-0.2, 0) is 9.59 Å². The molecule has 0 bridgehead atoms. The number of piperazine rings is 1. The Kier molecular flexibility index (Phi) is 4.23. The first-order chi connectivity index (χ1) is 10.6. The van der Waals surface area contributed by atoms with Gasteiger partial charge in [0.1, 0.15) is 0 Å². The third-order valence-corrected chi connectivity index (χ3v) is 5.19. The van der Waals surface area contributed by atoms with Crippen LogP contribution in [0, 0.1) is 0 Å². The van der Waals surface area contributed by atoms with E-state index in [-0.39, 0.29) is 43.0 Å². The molecular weight excluding hydrogens is 348 g/mol. The van der Waals surface area contributed by atoms with Crippen molar-refractivity contribution in [2.24, 2.45) is 0 Å². The molecule has 0 aliphatic carbocycles. The highest BCUT2D eigenvalue weighted by molar-refractivity contribution is 9.10. The highest BCUT2D eigenvalue weighted by atomic mass is 79.9. The maximum atomic E-state index is 12.3. The molecule has 2 amide bonds. The third-order valence-electron chi connectivity index (χ3n) is 4.66. The Morgan fingerprint density at radius 3 is 2.64 bits per heavy atom. The van der Waals surface area contributed by atoms with Crippen LogP contribution in [-0.4, -0.2) is 58.5 Å². The van der Waals surface area contributed by atoms with Gasteiger partial charge in [0.15, 0.2) is 0 Å². The predicted molar refractivity (Wildman–Crippen MR) is 85.3 cm³/mol. The Balaban J connectivity index is 1.86. The number of aliphatic hydroxyl groups is 1. The van der Waals surface area contributed by atoms with Gasteiger partial charge in [0.2, 0.25) is 11.8 Å². The van der Waals surface area contributed by atoms with Crippen LogP contribution in [0.1, 0.15) is 24.8 Å². The van der Waals surface area contributed by atoms with Crippen molar-refractivity contribution in [2.75, 3.05) is 19.7 Å². The fourth-order valence-electron chi connectivity index (χ4n) is 3.60. The van der Waals surface area contributed by atoms with Crippen molar-refractivity contribution in [3.63, 3.8) is 0 Å². The second-order valence-corrected chi connectivity index (χ2v) is 6.74. The minimum atomic E-state index is -0.183. The molecule has 6 heteroatoms. The molecular formula is C16H19BrN2O3. The fourth-order valence-corrected chi connectivity index (χ4v) is 3.86. The van der Waals surface area contributed by atoms with E-state index in [0.29, 0.717) is 13.0 Å². The van der Waals surface area contributed by atoms with Gasteiger partial charge < -0.3 is 14.9 Å². The lowest BCUT2D eigenvalue weighted by molar-refractivity contribution is -0.166. The Morgan fingerprint density at radius 1 is 1.36 bits per heavy atom. The van der Waals surface area contributed by atoms with Crippen molar-refractivity contribution in [3.8, 4) is 0 Å². The fraction of sp³-hybridized carbons (Fsp3) is 0.500. The summed E-state index contributed by atoms with van der Waals surface area (Å²) in [7, 11) is 0. The van der Waals surface area contributed by atoms with Crippen LogP contribution < -0.4 is 0 Å². The molecule has 22 heavy (non-hydrogen) atoms. The van der Waals surface area contributed by atoms with Crippen molar-refractivity contribution in [3.05, 3.63) is 34.3 Å². The summed E-state index contributed by atoms with van der Waals surface area (Å²) in [4.78, 5) is 27.6. The van der Waals surface area contributed by atoms with Crippen molar-refractivity contribution in [1.29, 1.82) is 0 Å². The van der Waals surface area contributed by atoms with Gasteiger partial charge in [-0.3, -0.25) is 9.59 Å². The van der Waals surface area contributed by atoms with Gasteiger partial charge in [-0.2, -0.15) is 0 Å². The lowest BCUT2D eigenvalue weighted by Crippen LogP contribution is -2.73. The summed E-state index contributed by atoms with van der Waals surface area (Å²) in [6, 6.07) is 7.74. The molecule has 0 spiro atoms. The molecule has 1 N–H and O–H groups in total. The molecule has 0 unspecified atom stereocenters. The van der Waals surface area contributed by atoms with Crippen LogP contribution in [0.2, 0.25) is 0 Å². The summed E-state index contributed by atoms with van der Waals surface area (Å²) in [5.41, 5.74) is 1.10. The minimum Gasteiger partial charge on any atom is -0.394 e. The molecule has 118 valence electrons. The van der Waals surface area contributed by atoms with Crippen LogP contribution in [0.3, 0.4) is 0 Å². The zero-order chi connectivity index (χ0) is 15.9. The number of hydrogen-bond acceptors (Lipinski definition) is 3. The zero-order valence-corrected chi connectivity index (χ0v) is 14.0. The molecule has 3 rings (SSSR count). The van der Waals surface area contributed by atoms with Crippen molar-refractivity contribution >= 4 is 27.7 Å². The maximum absolute atomic E-state index is 12.3. The maximum Gasteiger partial charge on any atom is 0.242 e. The Morgan fingerprint density at radius 2 is 2.05 bits per heavy atom. The van der Waals surface area contributed by atoms with Crippen molar-refractivity contribution in [1.82, 2.24) is 9.80 Å². The second kappa shape index (κ2) is 6.01. The predicted octanol–water partition coefficient (Wildman–Crippen LogP) is 1.36. The average molecular weight is 367 g/mol. The van der Waals surface area contributed by atoms with Gasteiger partial charge in [-0.1, -0.05) is 35.0 Å². The normalized spacial score (nSPS) is 27.4. The highest BCUT2D eigenvalue weighted by Gasteiger charge is 2.54. The van der Waals surface area contributed by atoms with Crippen LogP contribution in [0.5, 0.6) is 0 Å². The number of aliphatic hydroxyl groups excluding tert-OH is 1. The molecule has 1 aromatic rings. The number of benzene rings is 1. The van der Waals surface area contributed by atoms with E-state index >= 15 is 0 Å². The number of amides is 2. The summed E-state index contributed by atoms with van der Waals surface area (Å²) < 4.78 is 0.996. The molecule has 1 aromatic carbocycles. The number of carbonyl (C=O) groups is 2. The lowest BCUT2D eigenvalue weighted by Gasteiger charge is -2.58. The van der Waals surface area contributed by atoms with E-state index in [1.807, 2.05) is 31.2 Å². The van der Waals surface area contributed by atoms with Crippen LogP contribution >= 0.6 is 15.9 Å². The van der Waals surface area contributed by atoms with E-state index < -0.39 is 0 Å². The van der Waals surface area contributed by atoms with E-state index in [4.69, 9.17) is 0 Å². The number of fused-ring (bicyclic) bond motifs is 1. The summed E-state index contributed by atoms with van der Waals surface area (Å²) in [5.74, 6) is 0.0231. The average Bonchev–Trinajstić information content (AvgIpc) is 2.50. The smallest absolute Gasteiger partial charge is 0.242 e. The summed E-state index contributed by atoms with van der Waals surface area (Å²) in [6.45, 7) is 2.44. The molecule has 5 nitrogen and oxygen atoms in total. The van der Waals surface area contributed by atoms with E-state index in [1.165, 1.54) is 0 Å². The standard InChI is InChI=1S/C16H19BrN2O3/c1-2-14(21)18-7-12-16(10-3-5-11(17)6-4-10)13(9-20)19(12)15(22)8-18/h3-6,12-13,16,20H,2,7-9H2,1H3/t12-,13+,16-/m1/s1. The molecule has 2 aliphatic rings. The molecule has 2 fully saturated rings. The van der Waals surface area contributed by atoms with Crippen molar-refractivity contribution in [2.45, 2.75) is 31.3 Å². The van der Waals surface area contributed by atoms with E-state index in [2.05, 4.69) is 15.9 Å². The Labute approximate surface area is 138 Å². The first-order valence-corrected chi connectivity index (χ1v) is 8.31. The molecule has 0 aromatic heterocycles. The number of carbonyl (C=O) groups excluding carboxylic acids is 2. The zero-order valence-electron chi connectivity index (χ0n) is 12.4. The summed E-state index contributed by atoms with van der Waals surface area (Å²) in [5, 5.41) is 9.67. The number of rotatable bonds is 3. The highest BCUT2D eigenvalue weighted by Crippen LogP contribution is 2.43. The van der Waals surface area contributed by atoms with Gasteiger partial charge in [-0.15, -0.1) is 0 Å². The van der Waals surface area contributed by atoms with E-state index in [9.17, 15) is 14.7 Å². The van der Waals surface area contributed by atoms with Gasteiger partial charge in [0, 0.05) is 23.4 Å². The SMILES string of the molecule is CCC(=O)N1CC(=O)N2[C@H](C1)[C@@H](c1ccc(Br)cc1)[C@@H]2CO. The van der Waals surface area contributed by atoms with E-state index in [0.717, 1.165) is 10.0 Å². The molecule has 2 saturated heterocycles. The molecule has 3 atom stereocenters. The second-order valence-electron chi connectivity index (χ2n) is 5.82. The first-order valence-electron chi connectivity index (χ1n) is 7.52. The van der Waals surface area contributed by atoms with Crippen LogP contribution in [0.4, 0.5) is 0 Å². The van der Waals surface area contributed by atoms with Gasteiger partial charge in [0.05, 0.1) is 25.2 Å². The van der Waals surface area contributed by atoms with Gasteiger partial charge >= 0.3 is 0 Å². The number of nitrogens with zero attached hydrogens (tertiary/aromatic N) is 2. The monoisotopic (exact) mass is 366 g/mol. The topological polar surface area (TPSA) is 60.9 Å². The van der Waals surface area contributed by atoms with Gasteiger partial charge in [-0.05, 0) is 17.7 Å². The summed E-state index contributed by atoms with van der Waals surface area (Å²) in [6.07, 6.45) is 0.409. The molecule has 2 aliphatic heterocycles. The van der Waals surface area contributed by atoms with Crippen LogP contribution in [0.15, 0.2) is 28.7 Å². The quantitative estimate of drug-likeness (QED) is 0.878. The minimum absolute atomic E-state index is 0.00926. The third kappa shape index (κ3) is 2.44.